The minimum Gasteiger partial charge on any atom is -0.395 e. The number of rotatable bonds is 6. The summed E-state index contributed by atoms with van der Waals surface area (Å²) in [6.07, 6.45) is 6.42. The Kier molecular flexibility index (Phi) is 5.46. The number of nitrogens with zero attached hydrogens (tertiary/aromatic N) is 2. The van der Waals surface area contributed by atoms with Crippen LogP contribution in [0.2, 0.25) is 0 Å². The van der Waals surface area contributed by atoms with Gasteiger partial charge in [0.2, 0.25) is 0 Å². The highest BCUT2D eigenvalue weighted by Gasteiger charge is 2.42. The molecule has 1 saturated carbocycles. The second-order valence-electron chi connectivity index (χ2n) is 8.16. The molecule has 142 valence electrons. The lowest BCUT2D eigenvalue weighted by atomic mass is 9.97. The van der Waals surface area contributed by atoms with E-state index in [1.807, 2.05) is 12.1 Å². The first-order valence-corrected chi connectivity index (χ1v) is 10.2. The topological polar surface area (TPSA) is 55.8 Å². The average Bonchev–Trinajstić information content (AvgIpc) is 3.45. The zero-order valence-corrected chi connectivity index (χ0v) is 15.6. The van der Waals surface area contributed by atoms with Crippen molar-refractivity contribution in [2.75, 3.05) is 44.2 Å². The molecule has 3 fully saturated rings. The van der Waals surface area contributed by atoms with Crippen molar-refractivity contribution in [3.8, 4) is 0 Å². The quantitative estimate of drug-likeness (QED) is 0.819. The third kappa shape index (κ3) is 4.04. The van der Waals surface area contributed by atoms with Gasteiger partial charge in [-0.05, 0) is 68.2 Å². The van der Waals surface area contributed by atoms with E-state index in [1.54, 1.807) is 0 Å². The number of nitrogens with one attached hydrogen (secondary N) is 1. The van der Waals surface area contributed by atoms with E-state index >= 15 is 0 Å². The van der Waals surface area contributed by atoms with Gasteiger partial charge in [0.05, 0.1) is 6.61 Å². The molecule has 2 saturated heterocycles. The summed E-state index contributed by atoms with van der Waals surface area (Å²) in [6.45, 7) is 5.01. The molecule has 5 heteroatoms. The normalized spacial score (nSPS) is 26.9. The lowest BCUT2D eigenvalue weighted by molar-refractivity contribution is 0.0928. The molecule has 4 rings (SSSR count). The summed E-state index contributed by atoms with van der Waals surface area (Å²) in [5.41, 5.74) is 1.98. The number of benzene rings is 1. The van der Waals surface area contributed by atoms with Crippen LogP contribution in [0.25, 0.3) is 0 Å². The molecule has 2 N–H and O–H groups in total. The SMILES string of the molecule is O=C(N[C@@H]1CN(CCO)C[C@H]1C1CC1)c1ccc(N2CCCCC2)cc1. The standard InChI is InChI=1S/C21H31N3O2/c25-13-12-23-14-19(16-4-5-16)20(15-23)22-21(26)17-6-8-18(9-7-17)24-10-2-1-3-11-24/h6-9,16,19-20,25H,1-5,10-15H2,(H,22,26)/t19-,20+/m0/s1. The third-order valence-corrected chi connectivity index (χ3v) is 6.25. The number of piperidine rings is 1. The highest BCUT2D eigenvalue weighted by molar-refractivity contribution is 5.94. The van der Waals surface area contributed by atoms with Crippen molar-refractivity contribution in [2.24, 2.45) is 11.8 Å². The molecule has 0 bridgehead atoms. The van der Waals surface area contributed by atoms with E-state index in [1.165, 1.54) is 37.8 Å². The minimum absolute atomic E-state index is 0.0386. The van der Waals surface area contributed by atoms with Crippen LogP contribution in [-0.4, -0.2) is 61.3 Å². The molecular formula is C21H31N3O2. The molecule has 5 nitrogen and oxygen atoms in total. The van der Waals surface area contributed by atoms with E-state index in [0.717, 1.165) is 37.7 Å². The van der Waals surface area contributed by atoms with Gasteiger partial charge in [-0.3, -0.25) is 9.69 Å². The van der Waals surface area contributed by atoms with Gasteiger partial charge in [-0.25, -0.2) is 0 Å². The van der Waals surface area contributed by atoms with Crippen molar-refractivity contribution in [3.05, 3.63) is 29.8 Å². The Balaban J connectivity index is 1.37. The van der Waals surface area contributed by atoms with Gasteiger partial charge in [-0.1, -0.05) is 0 Å². The van der Waals surface area contributed by atoms with Gasteiger partial charge in [0, 0.05) is 50.0 Å². The van der Waals surface area contributed by atoms with Crippen molar-refractivity contribution in [1.82, 2.24) is 10.2 Å². The maximum atomic E-state index is 12.7. The van der Waals surface area contributed by atoms with E-state index in [2.05, 4.69) is 27.2 Å². The predicted molar refractivity (Wildman–Crippen MR) is 104 cm³/mol. The maximum Gasteiger partial charge on any atom is 0.251 e. The molecule has 0 radical (unpaired) electrons. The summed E-state index contributed by atoms with van der Waals surface area (Å²) >= 11 is 0. The summed E-state index contributed by atoms with van der Waals surface area (Å²) in [4.78, 5) is 17.4. The van der Waals surface area contributed by atoms with Gasteiger partial charge < -0.3 is 15.3 Å². The molecule has 3 aliphatic rings. The van der Waals surface area contributed by atoms with Crippen molar-refractivity contribution in [2.45, 2.75) is 38.1 Å². The van der Waals surface area contributed by atoms with E-state index in [4.69, 9.17) is 0 Å². The minimum atomic E-state index is 0.0386. The van der Waals surface area contributed by atoms with E-state index < -0.39 is 0 Å². The fourth-order valence-corrected chi connectivity index (χ4v) is 4.62. The molecule has 2 atom stereocenters. The summed E-state index contributed by atoms with van der Waals surface area (Å²) < 4.78 is 0. The number of aliphatic hydroxyl groups excluding tert-OH is 1. The predicted octanol–water partition coefficient (Wildman–Crippen LogP) is 2.11. The van der Waals surface area contributed by atoms with Gasteiger partial charge in [-0.2, -0.15) is 0 Å². The van der Waals surface area contributed by atoms with Crippen LogP contribution in [0.4, 0.5) is 5.69 Å². The average molecular weight is 357 g/mol. The number of aliphatic hydroxyl groups is 1. The fraction of sp³-hybridized carbons (Fsp3) is 0.667. The smallest absolute Gasteiger partial charge is 0.251 e. The second-order valence-corrected chi connectivity index (χ2v) is 8.16. The number of carbonyl (C=O) groups excluding carboxylic acids is 1. The summed E-state index contributed by atoms with van der Waals surface area (Å²) in [5.74, 6) is 1.33. The molecule has 0 unspecified atom stereocenters. The number of hydrogen-bond donors (Lipinski definition) is 2. The second kappa shape index (κ2) is 7.97. The van der Waals surface area contributed by atoms with Gasteiger partial charge in [-0.15, -0.1) is 0 Å². The van der Waals surface area contributed by atoms with Gasteiger partial charge in [0.25, 0.3) is 5.91 Å². The Morgan fingerprint density at radius 3 is 2.46 bits per heavy atom. The first kappa shape index (κ1) is 17.8. The van der Waals surface area contributed by atoms with Crippen LogP contribution in [0, 0.1) is 11.8 Å². The first-order valence-electron chi connectivity index (χ1n) is 10.2. The summed E-state index contributed by atoms with van der Waals surface area (Å²) in [7, 11) is 0. The number of carbonyl (C=O) groups is 1. The first-order chi connectivity index (χ1) is 12.7. The molecule has 2 heterocycles. The molecule has 0 aromatic heterocycles. The third-order valence-electron chi connectivity index (χ3n) is 6.25. The number of hydrogen-bond acceptors (Lipinski definition) is 4. The molecule has 0 spiro atoms. The Labute approximate surface area is 156 Å². The van der Waals surface area contributed by atoms with Crippen molar-refractivity contribution in [1.29, 1.82) is 0 Å². The largest absolute Gasteiger partial charge is 0.395 e. The molecule has 26 heavy (non-hydrogen) atoms. The van der Waals surface area contributed by atoms with Crippen molar-refractivity contribution < 1.29 is 9.90 Å². The molecule has 2 aliphatic heterocycles. The molecule has 1 amide bonds. The monoisotopic (exact) mass is 357 g/mol. The Morgan fingerprint density at radius 2 is 1.81 bits per heavy atom. The lowest BCUT2D eigenvalue weighted by Crippen LogP contribution is -2.41. The number of amides is 1. The van der Waals surface area contributed by atoms with Crippen LogP contribution in [0.3, 0.4) is 0 Å². The van der Waals surface area contributed by atoms with Gasteiger partial charge >= 0.3 is 0 Å². The molecular weight excluding hydrogens is 326 g/mol. The Bertz CT molecular complexity index is 608. The van der Waals surface area contributed by atoms with E-state index in [-0.39, 0.29) is 18.6 Å². The van der Waals surface area contributed by atoms with Crippen LogP contribution in [0.1, 0.15) is 42.5 Å². The Morgan fingerprint density at radius 1 is 1.08 bits per heavy atom. The van der Waals surface area contributed by atoms with Gasteiger partial charge in [0.1, 0.15) is 0 Å². The van der Waals surface area contributed by atoms with Gasteiger partial charge in [0.15, 0.2) is 0 Å². The molecule has 1 aromatic carbocycles. The molecule has 1 aromatic rings. The number of likely N-dealkylation sites (tertiary alicyclic amines) is 1. The fourth-order valence-electron chi connectivity index (χ4n) is 4.62. The Hall–Kier alpha value is -1.59. The van der Waals surface area contributed by atoms with E-state index in [0.29, 0.717) is 12.5 Å². The van der Waals surface area contributed by atoms with Crippen LogP contribution < -0.4 is 10.2 Å². The zero-order chi connectivity index (χ0) is 17.9. The van der Waals surface area contributed by atoms with E-state index in [9.17, 15) is 9.90 Å². The highest BCUT2D eigenvalue weighted by atomic mass is 16.3. The summed E-state index contributed by atoms with van der Waals surface area (Å²) in [6, 6.07) is 8.32. The van der Waals surface area contributed by atoms with Crippen LogP contribution >= 0.6 is 0 Å². The number of anilines is 1. The van der Waals surface area contributed by atoms with Crippen molar-refractivity contribution in [3.63, 3.8) is 0 Å². The van der Waals surface area contributed by atoms with Crippen LogP contribution in [0.15, 0.2) is 24.3 Å². The highest BCUT2D eigenvalue weighted by Crippen LogP contribution is 2.41. The summed E-state index contributed by atoms with van der Waals surface area (Å²) in [5, 5.41) is 12.5. The van der Waals surface area contributed by atoms with Crippen LogP contribution in [0.5, 0.6) is 0 Å². The zero-order valence-electron chi connectivity index (χ0n) is 15.6. The lowest BCUT2D eigenvalue weighted by Gasteiger charge is -2.28. The van der Waals surface area contributed by atoms with Crippen LogP contribution in [-0.2, 0) is 0 Å². The van der Waals surface area contributed by atoms with Crippen molar-refractivity contribution >= 4 is 11.6 Å². The number of β-amino-alcohol motifs (C(OH)–C–C–N with tert-alkyl or cyclic N) is 1. The molecule has 1 aliphatic carbocycles. The maximum absolute atomic E-state index is 12.7.